The lowest BCUT2D eigenvalue weighted by molar-refractivity contribution is -0.136. The number of hydrogen-bond donors (Lipinski definition) is 3. The van der Waals surface area contributed by atoms with E-state index in [0.717, 1.165) is 30.6 Å². The molecule has 1 heterocycles. The number of hydrogen-bond acceptors (Lipinski definition) is 6. The summed E-state index contributed by atoms with van der Waals surface area (Å²) in [5.41, 5.74) is 3.89. The fourth-order valence-electron chi connectivity index (χ4n) is 4.26. The molecule has 5 amide bonds. The first-order valence-electron chi connectivity index (χ1n) is 11.4. The molecular weight excluding hydrogens is 428 g/mol. The average Bonchev–Trinajstić information content (AvgIpc) is 3.05. The molecule has 0 aromatic heterocycles. The lowest BCUT2D eigenvalue weighted by atomic mass is 9.75. The van der Waals surface area contributed by atoms with Crippen molar-refractivity contribution in [1.82, 2.24) is 21.1 Å². The van der Waals surface area contributed by atoms with Gasteiger partial charge < -0.3 is 14.8 Å². The van der Waals surface area contributed by atoms with Crippen LogP contribution in [0, 0.1) is 5.92 Å². The van der Waals surface area contributed by atoms with Crippen LogP contribution in [0.25, 0.3) is 0 Å². The fraction of sp³-hybridized carbons (Fsp3) is 0.565. The minimum absolute atomic E-state index is 0.248. The maximum absolute atomic E-state index is 12.9. The third-order valence-electron chi connectivity index (χ3n) is 6.29. The first-order valence-corrected chi connectivity index (χ1v) is 11.4. The molecule has 1 aromatic rings. The zero-order chi connectivity index (χ0) is 24.0. The van der Waals surface area contributed by atoms with Gasteiger partial charge in [0.25, 0.3) is 17.7 Å². The van der Waals surface area contributed by atoms with Gasteiger partial charge in [0.05, 0.1) is 13.7 Å². The second kappa shape index (κ2) is 10.5. The molecule has 0 unspecified atom stereocenters. The highest BCUT2D eigenvalue weighted by atomic mass is 16.5. The largest absolute Gasteiger partial charge is 0.493 e. The van der Waals surface area contributed by atoms with Crippen LogP contribution in [-0.4, -0.2) is 54.5 Å². The first kappa shape index (κ1) is 24.3. The number of urea groups is 1. The number of amides is 5. The Labute approximate surface area is 193 Å². The topological polar surface area (TPSA) is 126 Å². The second-order valence-corrected chi connectivity index (χ2v) is 8.47. The van der Waals surface area contributed by atoms with E-state index in [1.54, 1.807) is 12.1 Å². The number of rotatable bonds is 8. The van der Waals surface area contributed by atoms with Crippen LogP contribution in [0.1, 0.15) is 62.7 Å². The molecule has 180 valence electrons. The summed E-state index contributed by atoms with van der Waals surface area (Å²) in [5.74, 6) is -0.170. The van der Waals surface area contributed by atoms with Gasteiger partial charge in [-0.05, 0) is 56.2 Å². The summed E-state index contributed by atoms with van der Waals surface area (Å²) in [6.07, 6.45) is 4.75. The third-order valence-corrected chi connectivity index (χ3v) is 6.29. The van der Waals surface area contributed by atoms with E-state index in [-0.39, 0.29) is 11.5 Å². The summed E-state index contributed by atoms with van der Waals surface area (Å²) in [5, 5.41) is 2.79. The molecule has 0 atom stereocenters. The number of nitrogens with zero attached hydrogens (tertiary/aromatic N) is 1. The van der Waals surface area contributed by atoms with Crippen molar-refractivity contribution in [3.63, 3.8) is 0 Å². The molecule has 2 fully saturated rings. The van der Waals surface area contributed by atoms with Gasteiger partial charge in [-0.25, -0.2) is 4.79 Å². The highest BCUT2D eigenvalue weighted by Crippen LogP contribution is 2.37. The summed E-state index contributed by atoms with van der Waals surface area (Å²) in [6.45, 7) is 4.14. The van der Waals surface area contributed by atoms with Crippen LogP contribution in [0.3, 0.4) is 0 Å². The van der Waals surface area contributed by atoms with Crippen LogP contribution in [0.4, 0.5) is 4.79 Å². The Hall–Kier alpha value is -3.30. The van der Waals surface area contributed by atoms with Crippen LogP contribution in [-0.2, 0) is 9.59 Å². The smallest absolute Gasteiger partial charge is 0.325 e. The number of carbonyl (C=O) groups is 4. The normalized spacial score (nSPS) is 22.2. The minimum Gasteiger partial charge on any atom is -0.493 e. The second-order valence-electron chi connectivity index (χ2n) is 8.47. The summed E-state index contributed by atoms with van der Waals surface area (Å²) in [7, 11) is 1.47. The van der Waals surface area contributed by atoms with Gasteiger partial charge in [-0.2, -0.15) is 0 Å². The Kier molecular flexibility index (Phi) is 7.78. The highest BCUT2D eigenvalue weighted by molar-refractivity contribution is 6.09. The van der Waals surface area contributed by atoms with Crippen molar-refractivity contribution in [3.05, 3.63) is 23.8 Å². The number of benzene rings is 1. The van der Waals surface area contributed by atoms with E-state index >= 15 is 0 Å². The van der Waals surface area contributed by atoms with Crippen LogP contribution in [0.5, 0.6) is 11.5 Å². The van der Waals surface area contributed by atoms with Gasteiger partial charge in [-0.15, -0.1) is 0 Å². The molecule has 3 N–H and O–H groups in total. The van der Waals surface area contributed by atoms with Gasteiger partial charge in [-0.3, -0.25) is 30.1 Å². The van der Waals surface area contributed by atoms with E-state index in [0.29, 0.717) is 36.9 Å². The van der Waals surface area contributed by atoms with Crippen LogP contribution in [0.15, 0.2) is 18.2 Å². The van der Waals surface area contributed by atoms with Crippen molar-refractivity contribution in [2.45, 2.75) is 57.9 Å². The number of carbonyl (C=O) groups excluding carboxylic acids is 4. The molecule has 1 aliphatic heterocycles. The number of ether oxygens (including phenoxy) is 2. The van der Waals surface area contributed by atoms with Crippen molar-refractivity contribution >= 4 is 23.8 Å². The summed E-state index contributed by atoms with van der Waals surface area (Å²) >= 11 is 0. The van der Waals surface area contributed by atoms with Gasteiger partial charge in [-0.1, -0.05) is 20.3 Å². The SMILES string of the molecule is CCCOc1ccc(C(=O)NNC(=O)CN2C(=O)NC3(CCC(CC)CC3)C2=O)cc1OC. The molecule has 1 saturated heterocycles. The molecular formula is C23H32N4O6. The monoisotopic (exact) mass is 460 g/mol. The van der Waals surface area contributed by atoms with E-state index in [1.807, 2.05) is 6.92 Å². The molecule has 3 rings (SSSR count). The number of nitrogens with one attached hydrogen (secondary N) is 3. The lowest BCUT2D eigenvalue weighted by Gasteiger charge is -2.34. The summed E-state index contributed by atoms with van der Waals surface area (Å²) in [4.78, 5) is 51.0. The average molecular weight is 461 g/mol. The van der Waals surface area contributed by atoms with E-state index < -0.39 is 29.9 Å². The molecule has 1 aliphatic carbocycles. The van der Waals surface area contributed by atoms with Gasteiger partial charge in [0.15, 0.2) is 11.5 Å². The summed E-state index contributed by atoms with van der Waals surface area (Å²) < 4.78 is 10.8. The zero-order valence-electron chi connectivity index (χ0n) is 19.4. The molecule has 0 bridgehead atoms. The third kappa shape index (κ3) is 5.37. The van der Waals surface area contributed by atoms with Crippen molar-refractivity contribution in [2.75, 3.05) is 20.3 Å². The Balaban J connectivity index is 1.54. The molecule has 1 aromatic carbocycles. The maximum atomic E-state index is 12.9. The Bertz CT molecular complexity index is 910. The Morgan fingerprint density at radius 1 is 1.15 bits per heavy atom. The Morgan fingerprint density at radius 3 is 2.52 bits per heavy atom. The number of imide groups is 1. The Morgan fingerprint density at radius 2 is 1.88 bits per heavy atom. The predicted octanol–water partition coefficient (Wildman–Crippen LogP) is 2.14. The maximum Gasteiger partial charge on any atom is 0.325 e. The van der Waals surface area contributed by atoms with Crippen LogP contribution >= 0.6 is 0 Å². The summed E-state index contributed by atoms with van der Waals surface area (Å²) in [6, 6.07) is 4.08. The van der Waals surface area contributed by atoms with Gasteiger partial charge in [0.1, 0.15) is 12.1 Å². The number of methoxy groups -OCH3 is 1. The molecule has 2 aliphatic rings. The van der Waals surface area contributed by atoms with Crippen LogP contribution in [0.2, 0.25) is 0 Å². The van der Waals surface area contributed by atoms with Crippen molar-refractivity contribution in [2.24, 2.45) is 5.92 Å². The van der Waals surface area contributed by atoms with Crippen molar-refractivity contribution in [3.8, 4) is 11.5 Å². The molecule has 0 radical (unpaired) electrons. The highest BCUT2D eigenvalue weighted by Gasteiger charge is 2.52. The van der Waals surface area contributed by atoms with Gasteiger partial charge in [0, 0.05) is 5.56 Å². The van der Waals surface area contributed by atoms with Crippen molar-refractivity contribution < 1.29 is 28.7 Å². The van der Waals surface area contributed by atoms with Gasteiger partial charge in [0.2, 0.25) is 0 Å². The molecule has 10 heteroatoms. The fourth-order valence-corrected chi connectivity index (χ4v) is 4.26. The van der Waals surface area contributed by atoms with Gasteiger partial charge >= 0.3 is 6.03 Å². The van der Waals surface area contributed by atoms with E-state index in [9.17, 15) is 19.2 Å². The quantitative estimate of drug-likeness (QED) is 0.403. The van der Waals surface area contributed by atoms with Crippen molar-refractivity contribution in [1.29, 1.82) is 0 Å². The molecule has 33 heavy (non-hydrogen) atoms. The standard InChI is InChI=1S/C23H32N4O6/c1-4-12-33-17-7-6-16(13-18(17)32-3)20(29)26-25-19(28)14-27-21(30)23(24-22(27)31)10-8-15(5-2)9-11-23/h6-7,13,15H,4-5,8-12,14H2,1-3H3,(H,24,31)(H,25,28)(H,26,29). The predicted molar refractivity (Wildman–Crippen MR) is 120 cm³/mol. The molecule has 1 spiro atoms. The van der Waals surface area contributed by atoms with E-state index in [4.69, 9.17) is 9.47 Å². The van der Waals surface area contributed by atoms with E-state index in [2.05, 4.69) is 23.1 Å². The number of hydrazine groups is 1. The minimum atomic E-state index is -0.912. The van der Waals surface area contributed by atoms with E-state index in [1.165, 1.54) is 13.2 Å². The molecule has 10 nitrogen and oxygen atoms in total. The van der Waals surface area contributed by atoms with Crippen LogP contribution < -0.4 is 25.6 Å². The first-order chi connectivity index (χ1) is 15.8. The zero-order valence-corrected chi connectivity index (χ0v) is 19.4. The lowest BCUT2D eigenvalue weighted by Crippen LogP contribution is -2.51. The molecule has 1 saturated carbocycles.